The number of phenolic OH excluding ortho intramolecular Hbond substituents is 1. The van der Waals surface area contributed by atoms with Crippen LogP contribution >= 0.6 is 0 Å². The molecule has 1 fully saturated rings. The average Bonchev–Trinajstić information content (AvgIpc) is 3.67. The predicted molar refractivity (Wildman–Crippen MR) is 142 cm³/mol. The van der Waals surface area contributed by atoms with E-state index in [9.17, 15) is 14.7 Å². The van der Waals surface area contributed by atoms with Gasteiger partial charge in [-0.2, -0.15) is 0 Å². The molecular formula is C27H27FN6O6. The minimum Gasteiger partial charge on any atom is -0.507 e. The maximum Gasteiger partial charge on any atom is 0.255 e. The zero-order valence-corrected chi connectivity index (χ0v) is 21.6. The molecule has 12 nitrogen and oxygen atoms in total. The number of hydrogen-bond donors (Lipinski definition) is 3. The van der Waals surface area contributed by atoms with Gasteiger partial charge in [-0.3, -0.25) is 9.59 Å². The Bertz CT molecular complexity index is 1480. The summed E-state index contributed by atoms with van der Waals surface area (Å²) in [5.74, 6) is 0.0486. The molecule has 2 amide bonds. The van der Waals surface area contributed by atoms with Gasteiger partial charge in [0, 0.05) is 43.9 Å². The van der Waals surface area contributed by atoms with Crippen molar-refractivity contribution in [2.24, 2.45) is 0 Å². The molecule has 0 aliphatic carbocycles. The van der Waals surface area contributed by atoms with E-state index in [2.05, 4.69) is 20.9 Å². The van der Waals surface area contributed by atoms with E-state index in [1.54, 1.807) is 29.2 Å². The van der Waals surface area contributed by atoms with E-state index in [0.717, 1.165) is 0 Å². The maximum absolute atomic E-state index is 15.1. The Kier molecular flexibility index (Phi) is 7.80. The van der Waals surface area contributed by atoms with Crippen molar-refractivity contribution in [3.63, 3.8) is 0 Å². The molecular weight excluding hydrogens is 523 g/mol. The highest BCUT2D eigenvalue weighted by Gasteiger charge is 2.24. The number of nitrogens with one attached hydrogen (secondary N) is 2. The number of aromatic nitrogens is 2. The number of ether oxygens (including phenoxy) is 1. The fourth-order valence-corrected chi connectivity index (χ4v) is 4.32. The number of hydrogen-bond acceptors (Lipinski definition) is 10. The molecule has 0 radical (unpaired) electrons. The fourth-order valence-electron chi connectivity index (χ4n) is 4.32. The van der Waals surface area contributed by atoms with Gasteiger partial charge < -0.3 is 39.3 Å². The first-order chi connectivity index (χ1) is 19.4. The van der Waals surface area contributed by atoms with Crippen molar-refractivity contribution in [3.05, 3.63) is 71.9 Å². The van der Waals surface area contributed by atoms with Crippen LogP contribution in [0.3, 0.4) is 0 Å². The molecule has 0 spiro atoms. The number of methoxy groups -OCH3 is 1. The Labute approximate surface area is 228 Å². The first-order valence-corrected chi connectivity index (χ1v) is 12.5. The fraction of sp³-hybridized carbons (Fsp3) is 0.259. The van der Waals surface area contributed by atoms with E-state index in [-0.39, 0.29) is 23.8 Å². The second kappa shape index (κ2) is 11.8. The number of benzene rings is 2. The van der Waals surface area contributed by atoms with Gasteiger partial charge in [0.05, 0.1) is 31.5 Å². The van der Waals surface area contributed by atoms with Gasteiger partial charge >= 0.3 is 0 Å². The first-order valence-electron chi connectivity index (χ1n) is 12.5. The summed E-state index contributed by atoms with van der Waals surface area (Å²) in [6.45, 7) is 1.70. The summed E-state index contributed by atoms with van der Waals surface area (Å²) in [6.07, 6.45) is 1.45. The molecule has 40 heavy (non-hydrogen) atoms. The van der Waals surface area contributed by atoms with Crippen LogP contribution in [0.2, 0.25) is 0 Å². The lowest BCUT2D eigenvalue weighted by molar-refractivity contribution is -0.130. The largest absolute Gasteiger partial charge is 0.507 e. The Morgan fingerprint density at radius 2 is 1.90 bits per heavy atom. The maximum atomic E-state index is 15.1. The summed E-state index contributed by atoms with van der Waals surface area (Å²) in [6, 6.07) is 12.5. The van der Waals surface area contributed by atoms with Crippen LogP contribution in [0.5, 0.6) is 11.5 Å². The number of nitrogens with zero attached hydrogens (tertiary/aromatic N) is 4. The molecule has 3 heterocycles. The zero-order chi connectivity index (χ0) is 28.1. The second-order valence-corrected chi connectivity index (χ2v) is 9.02. The van der Waals surface area contributed by atoms with Crippen LogP contribution in [-0.4, -0.2) is 72.0 Å². The van der Waals surface area contributed by atoms with Crippen LogP contribution in [0.15, 0.2) is 63.8 Å². The molecule has 0 bridgehead atoms. The summed E-state index contributed by atoms with van der Waals surface area (Å²) in [5, 5.41) is 23.3. The van der Waals surface area contributed by atoms with E-state index < -0.39 is 11.7 Å². The van der Waals surface area contributed by atoms with Crippen molar-refractivity contribution in [1.82, 2.24) is 20.5 Å². The lowest BCUT2D eigenvalue weighted by Gasteiger charge is -2.36. The molecule has 13 heteroatoms. The quantitative estimate of drug-likeness (QED) is 0.284. The topological polar surface area (TPSA) is 146 Å². The van der Waals surface area contributed by atoms with E-state index in [1.165, 1.54) is 37.6 Å². The van der Waals surface area contributed by atoms with Crippen LogP contribution in [0.4, 0.5) is 15.9 Å². The third-order valence-electron chi connectivity index (χ3n) is 6.51. The molecule has 1 saturated heterocycles. The third-order valence-corrected chi connectivity index (χ3v) is 6.51. The normalized spacial score (nSPS) is 13.2. The second-order valence-electron chi connectivity index (χ2n) is 9.02. The smallest absolute Gasteiger partial charge is 0.255 e. The lowest BCUT2D eigenvalue weighted by atomic mass is 10.1. The highest BCUT2D eigenvalue weighted by molar-refractivity contribution is 5.99. The molecule has 208 valence electrons. The summed E-state index contributed by atoms with van der Waals surface area (Å²) in [4.78, 5) is 28.6. The Balaban J connectivity index is 1.13. The summed E-state index contributed by atoms with van der Waals surface area (Å²) >= 11 is 0. The lowest BCUT2D eigenvalue weighted by Crippen LogP contribution is -2.51. The van der Waals surface area contributed by atoms with Crippen LogP contribution in [0.1, 0.15) is 16.1 Å². The highest BCUT2D eigenvalue weighted by atomic mass is 19.1. The van der Waals surface area contributed by atoms with Crippen LogP contribution in [-0.2, 0) is 11.3 Å². The summed E-state index contributed by atoms with van der Waals surface area (Å²) in [7, 11) is 1.45. The van der Waals surface area contributed by atoms with Crippen LogP contribution in [0.25, 0.3) is 11.3 Å². The van der Waals surface area contributed by atoms with Gasteiger partial charge in [0.2, 0.25) is 5.91 Å². The van der Waals surface area contributed by atoms with Crippen LogP contribution in [0, 0.1) is 5.82 Å². The molecule has 1 aliphatic rings. The first kappa shape index (κ1) is 26.5. The number of anilines is 2. The van der Waals surface area contributed by atoms with Crippen LogP contribution < -0.4 is 20.3 Å². The number of halogens is 1. The zero-order valence-electron chi connectivity index (χ0n) is 21.6. The SMILES string of the molecule is COc1ccc(O)c(C(=O)NCC(=O)N2CCN(c3ccc(-c4cc(CNc5ccon5)on4)cc3F)CC2)c1. The van der Waals surface area contributed by atoms with Gasteiger partial charge in [-0.1, -0.05) is 16.4 Å². The molecule has 4 aromatic rings. The minimum atomic E-state index is -0.587. The summed E-state index contributed by atoms with van der Waals surface area (Å²) < 4.78 is 30.3. The van der Waals surface area contributed by atoms with E-state index >= 15 is 4.39 Å². The van der Waals surface area contributed by atoms with Gasteiger partial charge in [0.15, 0.2) is 11.6 Å². The van der Waals surface area contributed by atoms with Gasteiger partial charge in [-0.05, 0) is 30.3 Å². The number of carbonyl (C=O) groups is 2. The van der Waals surface area contributed by atoms with Crippen molar-refractivity contribution in [1.29, 1.82) is 0 Å². The van der Waals surface area contributed by atoms with E-state index in [0.29, 0.717) is 67.0 Å². The van der Waals surface area contributed by atoms with Crippen molar-refractivity contribution in [2.45, 2.75) is 6.54 Å². The van der Waals surface area contributed by atoms with Crippen molar-refractivity contribution < 1.29 is 32.9 Å². The van der Waals surface area contributed by atoms with E-state index in [1.807, 2.05) is 4.90 Å². The molecule has 2 aromatic carbocycles. The van der Waals surface area contributed by atoms with Gasteiger partial charge in [0.25, 0.3) is 5.91 Å². The molecule has 0 atom stereocenters. The molecule has 5 rings (SSSR count). The molecule has 0 saturated carbocycles. The number of amides is 2. The molecule has 1 aliphatic heterocycles. The third kappa shape index (κ3) is 5.98. The average molecular weight is 551 g/mol. The highest BCUT2D eigenvalue weighted by Crippen LogP contribution is 2.28. The van der Waals surface area contributed by atoms with Crippen molar-refractivity contribution in [2.75, 3.05) is 50.1 Å². The Hall–Kier alpha value is -5.07. The number of aromatic hydroxyl groups is 1. The number of carbonyl (C=O) groups excluding carboxylic acids is 2. The van der Waals surface area contributed by atoms with Gasteiger partial charge in [-0.15, -0.1) is 0 Å². The minimum absolute atomic E-state index is 0.0148. The van der Waals surface area contributed by atoms with Gasteiger partial charge in [0.1, 0.15) is 29.3 Å². The Morgan fingerprint density at radius 3 is 2.62 bits per heavy atom. The number of rotatable bonds is 9. The molecule has 2 aromatic heterocycles. The monoisotopic (exact) mass is 550 g/mol. The van der Waals surface area contributed by atoms with Gasteiger partial charge in [-0.25, -0.2) is 4.39 Å². The summed E-state index contributed by atoms with van der Waals surface area (Å²) in [5.41, 5.74) is 1.52. The predicted octanol–water partition coefficient (Wildman–Crippen LogP) is 2.87. The van der Waals surface area contributed by atoms with Crippen molar-refractivity contribution >= 4 is 23.3 Å². The number of piperazine rings is 1. The molecule has 0 unspecified atom stereocenters. The standard InChI is InChI=1S/C27H27FN6O6/c1-38-18-3-5-24(35)20(13-18)27(37)30-16-26(36)34-9-7-33(8-10-34)23-4-2-17(12-21(23)28)22-14-19(40-31-22)15-29-25-6-11-39-32-25/h2-6,11-14,35H,7-10,15-16H2,1H3,(H,29,32)(H,30,37). The van der Waals surface area contributed by atoms with E-state index in [4.69, 9.17) is 13.8 Å². The number of phenols is 1. The van der Waals surface area contributed by atoms with Crippen molar-refractivity contribution in [3.8, 4) is 22.8 Å². The molecule has 3 N–H and O–H groups in total. The Morgan fingerprint density at radius 1 is 1.07 bits per heavy atom.